The van der Waals surface area contributed by atoms with Crippen LogP contribution in [0.2, 0.25) is 5.28 Å². The second-order valence-corrected chi connectivity index (χ2v) is 4.32. The van der Waals surface area contributed by atoms with Crippen LogP contribution in [0.25, 0.3) is 0 Å². The van der Waals surface area contributed by atoms with Crippen LogP contribution in [0.5, 0.6) is 5.75 Å². The van der Waals surface area contributed by atoms with Crippen molar-refractivity contribution >= 4 is 29.5 Å². The van der Waals surface area contributed by atoms with Gasteiger partial charge in [0.25, 0.3) is 0 Å². The number of hydrogen-bond donors (Lipinski definition) is 3. The van der Waals surface area contributed by atoms with Crippen molar-refractivity contribution < 1.29 is 4.74 Å². The highest BCUT2D eigenvalue weighted by Gasteiger charge is 2.09. The lowest BCUT2D eigenvalue weighted by atomic mass is 10.2. The van der Waals surface area contributed by atoms with Crippen LogP contribution < -0.4 is 15.8 Å². The number of nitrogens with zero attached hydrogens (tertiary/aromatic N) is 2. The molecule has 20 heavy (non-hydrogen) atoms. The van der Waals surface area contributed by atoms with Crippen LogP contribution in [0.1, 0.15) is 11.1 Å². The molecule has 1 aromatic heterocycles. The van der Waals surface area contributed by atoms with Crippen LogP contribution in [-0.2, 0) is 6.54 Å². The van der Waals surface area contributed by atoms with E-state index in [1.165, 1.54) is 0 Å². The Bertz CT molecular complexity index is 615. The zero-order valence-corrected chi connectivity index (χ0v) is 11.6. The molecule has 1 aromatic carbocycles. The van der Waals surface area contributed by atoms with Gasteiger partial charge < -0.3 is 21.2 Å². The Hall–Kier alpha value is -2.34. The smallest absolute Gasteiger partial charge is 0.226 e. The number of aromatic nitrogens is 2. The molecule has 0 fully saturated rings. The van der Waals surface area contributed by atoms with E-state index in [0.717, 1.165) is 17.5 Å². The average molecular weight is 292 g/mol. The van der Waals surface area contributed by atoms with Gasteiger partial charge in [-0.25, -0.2) is 4.98 Å². The summed E-state index contributed by atoms with van der Waals surface area (Å²) >= 11 is 5.77. The van der Waals surface area contributed by atoms with E-state index in [4.69, 9.17) is 27.5 Å². The van der Waals surface area contributed by atoms with E-state index in [2.05, 4.69) is 15.3 Å². The highest BCUT2D eigenvalue weighted by molar-refractivity contribution is 6.28. The van der Waals surface area contributed by atoms with Crippen molar-refractivity contribution in [2.45, 2.75) is 6.54 Å². The van der Waals surface area contributed by atoms with Crippen LogP contribution >= 0.6 is 11.6 Å². The predicted molar refractivity (Wildman–Crippen MR) is 79.7 cm³/mol. The largest absolute Gasteiger partial charge is 0.497 e. The number of nitrogens with one attached hydrogen (secondary N) is 2. The minimum atomic E-state index is 0.0466. The first-order valence-electron chi connectivity index (χ1n) is 5.84. The van der Waals surface area contributed by atoms with Gasteiger partial charge in [-0.3, -0.25) is 0 Å². The molecule has 0 amide bonds. The zero-order chi connectivity index (χ0) is 14.5. The molecular weight excluding hydrogens is 278 g/mol. The van der Waals surface area contributed by atoms with Crippen molar-refractivity contribution in [2.24, 2.45) is 0 Å². The summed E-state index contributed by atoms with van der Waals surface area (Å²) in [5.74, 6) is 1.41. The topological polar surface area (TPSA) is 96.9 Å². The number of nitrogens with two attached hydrogens (primary N) is 1. The maximum Gasteiger partial charge on any atom is 0.226 e. The summed E-state index contributed by atoms with van der Waals surface area (Å²) in [6, 6.07) is 7.61. The van der Waals surface area contributed by atoms with Crippen LogP contribution in [0.3, 0.4) is 0 Å². The van der Waals surface area contributed by atoms with E-state index in [-0.39, 0.29) is 11.1 Å². The first kappa shape index (κ1) is 14.1. The summed E-state index contributed by atoms with van der Waals surface area (Å²) in [6.07, 6.45) is 1.10. The summed E-state index contributed by atoms with van der Waals surface area (Å²) in [5, 5.41) is 10.5. The van der Waals surface area contributed by atoms with E-state index in [9.17, 15) is 0 Å². The number of rotatable bonds is 5. The van der Waals surface area contributed by atoms with E-state index in [0.29, 0.717) is 17.9 Å². The van der Waals surface area contributed by atoms with Crippen LogP contribution in [-0.4, -0.2) is 23.3 Å². The summed E-state index contributed by atoms with van der Waals surface area (Å²) in [5.41, 5.74) is 7.15. The van der Waals surface area contributed by atoms with Gasteiger partial charge >= 0.3 is 0 Å². The van der Waals surface area contributed by atoms with Gasteiger partial charge in [0.1, 0.15) is 17.4 Å². The van der Waals surface area contributed by atoms with Crippen molar-refractivity contribution in [1.82, 2.24) is 9.97 Å². The predicted octanol–water partition coefficient (Wildman–Crippen LogP) is 2.33. The molecule has 0 aliphatic heterocycles. The van der Waals surface area contributed by atoms with Crippen LogP contribution in [0.15, 0.2) is 24.3 Å². The lowest BCUT2D eigenvalue weighted by Gasteiger charge is -2.10. The second-order valence-electron chi connectivity index (χ2n) is 3.99. The first-order valence-corrected chi connectivity index (χ1v) is 6.22. The molecule has 2 aromatic rings. The normalized spacial score (nSPS) is 10.1. The Balaban J connectivity index is 2.15. The number of halogens is 1. The van der Waals surface area contributed by atoms with Gasteiger partial charge in [-0.15, -0.1) is 0 Å². The standard InChI is InChI=1S/C13H14ClN5O/c1-20-9-4-2-8(3-5-9)7-17-12-10(6-15)11(16)18-13(14)19-12/h2-6,15H,7H2,1H3,(H3,16,17,18,19). The van der Waals surface area contributed by atoms with Gasteiger partial charge in [0.2, 0.25) is 5.28 Å². The highest BCUT2D eigenvalue weighted by Crippen LogP contribution is 2.20. The fraction of sp³-hybridized carbons (Fsp3) is 0.154. The number of anilines is 2. The van der Waals surface area contributed by atoms with Crippen molar-refractivity contribution in [3.63, 3.8) is 0 Å². The lowest BCUT2D eigenvalue weighted by molar-refractivity contribution is 0.414. The number of benzene rings is 1. The molecule has 6 nitrogen and oxygen atoms in total. The van der Waals surface area contributed by atoms with Gasteiger partial charge in [0, 0.05) is 12.8 Å². The number of methoxy groups -OCH3 is 1. The van der Waals surface area contributed by atoms with E-state index < -0.39 is 0 Å². The van der Waals surface area contributed by atoms with E-state index in [1.807, 2.05) is 24.3 Å². The Morgan fingerprint density at radius 1 is 1.35 bits per heavy atom. The Kier molecular flexibility index (Phi) is 4.37. The molecule has 0 aliphatic carbocycles. The third kappa shape index (κ3) is 3.16. The first-order chi connectivity index (χ1) is 9.63. The maximum absolute atomic E-state index is 7.35. The second kappa shape index (κ2) is 6.21. The molecule has 0 bridgehead atoms. The third-order valence-corrected chi connectivity index (χ3v) is 2.88. The minimum absolute atomic E-state index is 0.0466. The Morgan fingerprint density at radius 3 is 2.65 bits per heavy atom. The molecule has 0 atom stereocenters. The van der Waals surface area contributed by atoms with Gasteiger partial charge in [0.05, 0.1) is 12.7 Å². The van der Waals surface area contributed by atoms with Gasteiger partial charge in [-0.2, -0.15) is 4.98 Å². The van der Waals surface area contributed by atoms with Gasteiger partial charge in [0.15, 0.2) is 0 Å². The monoisotopic (exact) mass is 291 g/mol. The quantitative estimate of drug-likeness (QED) is 0.580. The summed E-state index contributed by atoms with van der Waals surface area (Å²) in [7, 11) is 1.62. The fourth-order valence-electron chi connectivity index (χ4n) is 1.66. The lowest BCUT2D eigenvalue weighted by Crippen LogP contribution is -2.08. The Morgan fingerprint density at radius 2 is 2.05 bits per heavy atom. The van der Waals surface area contributed by atoms with E-state index in [1.54, 1.807) is 7.11 Å². The Labute approximate surface area is 121 Å². The highest BCUT2D eigenvalue weighted by atomic mass is 35.5. The molecule has 0 aliphatic rings. The van der Waals surface area contributed by atoms with Gasteiger partial charge in [-0.05, 0) is 29.3 Å². The zero-order valence-electron chi connectivity index (χ0n) is 10.9. The molecular formula is C13H14ClN5O. The molecule has 1 heterocycles. The maximum atomic E-state index is 7.35. The minimum Gasteiger partial charge on any atom is -0.497 e. The summed E-state index contributed by atoms with van der Waals surface area (Å²) in [4.78, 5) is 7.85. The van der Waals surface area contributed by atoms with Crippen molar-refractivity contribution in [3.05, 3.63) is 40.7 Å². The van der Waals surface area contributed by atoms with Crippen molar-refractivity contribution in [3.8, 4) is 5.75 Å². The van der Waals surface area contributed by atoms with Gasteiger partial charge in [-0.1, -0.05) is 12.1 Å². The molecule has 2 rings (SSSR count). The summed E-state index contributed by atoms with van der Waals surface area (Å²) in [6.45, 7) is 0.525. The number of hydrogen-bond acceptors (Lipinski definition) is 6. The van der Waals surface area contributed by atoms with E-state index >= 15 is 0 Å². The molecule has 0 spiro atoms. The molecule has 7 heteroatoms. The van der Waals surface area contributed by atoms with Crippen molar-refractivity contribution in [1.29, 1.82) is 5.41 Å². The average Bonchev–Trinajstić information content (AvgIpc) is 2.45. The molecule has 0 unspecified atom stereocenters. The molecule has 0 radical (unpaired) electrons. The third-order valence-electron chi connectivity index (χ3n) is 2.71. The molecule has 104 valence electrons. The van der Waals surface area contributed by atoms with Crippen molar-refractivity contribution in [2.75, 3.05) is 18.2 Å². The molecule has 0 saturated heterocycles. The number of ether oxygens (including phenoxy) is 1. The van der Waals surface area contributed by atoms with Crippen LogP contribution in [0.4, 0.5) is 11.6 Å². The molecule has 0 saturated carbocycles. The fourth-order valence-corrected chi connectivity index (χ4v) is 1.84. The summed E-state index contributed by atoms with van der Waals surface area (Å²) < 4.78 is 5.10. The number of nitrogen functional groups attached to an aromatic ring is 1. The molecule has 4 N–H and O–H groups in total. The SMILES string of the molecule is COc1ccc(CNc2nc(Cl)nc(N)c2C=N)cc1. The van der Waals surface area contributed by atoms with Crippen LogP contribution in [0, 0.1) is 5.41 Å².